The number of benzene rings is 2. The molecule has 2 aliphatic heterocycles. The smallest absolute Gasteiger partial charge is 0.245 e. The predicted octanol–water partition coefficient (Wildman–Crippen LogP) is 4.29. The van der Waals surface area contributed by atoms with Crippen molar-refractivity contribution < 1.29 is 17.9 Å². The Balaban J connectivity index is 1.71. The van der Waals surface area contributed by atoms with E-state index in [9.17, 15) is 8.42 Å². The third kappa shape index (κ3) is 3.16. The van der Waals surface area contributed by atoms with Gasteiger partial charge in [0.1, 0.15) is 18.1 Å². The molecule has 0 amide bonds. The van der Waals surface area contributed by atoms with Gasteiger partial charge in [0.05, 0.1) is 11.1 Å². The number of hydrogen-bond donors (Lipinski definition) is 0. The molecule has 0 aliphatic carbocycles. The van der Waals surface area contributed by atoms with E-state index in [1.165, 1.54) is 16.4 Å². The van der Waals surface area contributed by atoms with Gasteiger partial charge < -0.3 is 9.47 Å². The summed E-state index contributed by atoms with van der Waals surface area (Å²) in [6.07, 6.45) is 1.51. The van der Waals surface area contributed by atoms with Crippen LogP contribution in [0.1, 0.15) is 24.4 Å². The summed E-state index contributed by atoms with van der Waals surface area (Å²) in [5, 5.41) is 0.505. The molecule has 0 spiro atoms. The van der Waals surface area contributed by atoms with Crippen molar-refractivity contribution in [2.75, 3.05) is 19.8 Å². The Bertz CT molecular complexity index is 948. The maximum absolute atomic E-state index is 13.2. The number of ether oxygens (including phenoxy) is 2. The molecule has 5 nitrogen and oxygen atoms in total. The molecule has 0 radical (unpaired) electrons. The normalized spacial score (nSPS) is 20.3. The largest absolute Gasteiger partial charge is 0.486 e. The predicted molar refractivity (Wildman–Crippen MR) is 99.8 cm³/mol. The van der Waals surface area contributed by atoms with E-state index in [4.69, 9.17) is 32.7 Å². The Morgan fingerprint density at radius 1 is 1.00 bits per heavy atom. The van der Waals surface area contributed by atoms with Gasteiger partial charge in [-0.15, -0.1) is 0 Å². The second kappa shape index (κ2) is 6.93. The summed E-state index contributed by atoms with van der Waals surface area (Å²) < 4.78 is 39.1. The molecule has 0 aromatic heterocycles. The zero-order valence-corrected chi connectivity index (χ0v) is 16.1. The minimum absolute atomic E-state index is 0.0381. The molecule has 0 bridgehead atoms. The molecule has 26 heavy (non-hydrogen) atoms. The molecule has 138 valence electrons. The number of sulfonamides is 1. The van der Waals surface area contributed by atoms with Gasteiger partial charge in [0.15, 0.2) is 11.5 Å². The van der Waals surface area contributed by atoms with Crippen LogP contribution >= 0.6 is 23.2 Å². The van der Waals surface area contributed by atoms with Crippen LogP contribution in [0.25, 0.3) is 0 Å². The third-order valence-corrected chi connectivity index (χ3v) is 7.26. The van der Waals surface area contributed by atoms with Crippen molar-refractivity contribution in [1.82, 2.24) is 4.31 Å². The minimum atomic E-state index is -3.77. The number of nitrogens with zero attached hydrogens (tertiary/aromatic N) is 1. The Hall–Kier alpha value is -1.47. The van der Waals surface area contributed by atoms with Crippen molar-refractivity contribution in [2.24, 2.45) is 0 Å². The average molecular weight is 414 g/mol. The molecule has 2 heterocycles. The van der Waals surface area contributed by atoms with Gasteiger partial charge in [-0.3, -0.25) is 0 Å². The van der Waals surface area contributed by atoms with Gasteiger partial charge >= 0.3 is 0 Å². The molecule has 1 saturated heterocycles. The average Bonchev–Trinajstić information content (AvgIpc) is 3.14. The molecule has 0 N–H and O–H groups in total. The molecule has 0 unspecified atom stereocenters. The number of fused-ring (bicyclic) bond motifs is 1. The Labute approximate surface area is 162 Å². The summed E-state index contributed by atoms with van der Waals surface area (Å²) in [6, 6.07) is 9.80. The van der Waals surface area contributed by atoms with Crippen molar-refractivity contribution in [3.05, 3.63) is 52.0 Å². The maximum atomic E-state index is 13.2. The van der Waals surface area contributed by atoms with E-state index in [1.54, 1.807) is 6.07 Å². The quantitative estimate of drug-likeness (QED) is 0.752. The van der Waals surface area contributed by atoms with Crippen LogP contribution in [0.5, 0.6) is 11.5 Å². The minimum Gasteiger partial charge on any atom is -0.486 e. The second-order valence-corrected chi connectivity index (χ2v) is 8.95. The fourth-order valence-corrected chi connectivity index (χ4v) is 5.85. The van der Waals surface area contributed by atoms with Crippen molar-refractivity contribution in [2.45, 2.75) is 23.8 Å². The standard InChI is InChI=1S/C18H17Cl2NO4S/c19-13-4-5-14(20)18(11-13)26(22,23)21-7-1-2-15(21)12-3-6-16-17(10-12)25-9-8-24-16/h3-6,10-11,15H,1-2,7-9H2/t15-/m0/s1. The molecule has 1 atom stereocenters. The first-order chi connectivity index (χ1) is 12.5. The molecule has 8 heteroatoms. The van der Waals surface area contributed by atoms with Gasteiger partial charge in [0, 0.05) is 11.6 Å². The van der Waals surface area contributed by atoms with Gasteiger partial charge in [0.2, 0.25) is 10.0 Å². The topological polar surface area (TPSA) is 55.8 Å². The molecular formula is C18H17Cl2NO4S. The first kappa shape index (κ1) is 17.9. The Kier molecular flexibility index (Phi) is 4.77. The first-order valence-electron chi connectivity index (χ1n) is 8.33. The van der Waals surface area contributed by atoms with Crippen LogP contribution in [0.2, 0.25) is 10.0 Å². The van der Waals surface area contributed by atoms with Crippen LogP contribution in [0, 0.1) is 0 Å². The molecule has 2 aliphatic rings. The summed E-state index contributed by atoms with van der Waals surface area (Å²) in [7, 11) is -3.77. The highest BCUT2D eigenvalue weighted by molar-refractivity contribution is 7.89. The van der Waals surface area contributed by atoms with E-state index >= 15 is 0 Å². The van der Waals surface area contributed by atoms with E-state index in [2.05, 4.69) is 0 Å². The van der Waals surface area contributed by atoms with E-state index in [1.807, 2.05) is 18.2 Å². The van der Waals surface area contributed by atoms with Crippen molar-refractivity contribution in [1.29, 1.82) is 0 Å². The third-order valence-electron chi connectivity index (χ3n) is 4.63. The van der Waals surface area contributed by atoms with Crippen LogP contribution in [0.3, 0.4) is 0 Å². The molecule has 2 aromatic rings. The number of hydrogen-bond acceptors (Lipinski definition) is 4. The highest BCUT2D eigenvalue weighted by atomic mass is 35.5. The van der Waals surface area contributed by atoms with Gasteiger partial charge in [-0.2, -0.15) is 4.31 Å². The lowest BCUT2D eigenvalue weighted by Gasteiger charge is -2.26. The summed E-state index contributed by atoms with van der Waals surface area (Å²) in [4.78, 5) is 0.0381. The highest BCUT2D eigenvalue weighted by Crippen LogP contribution is 2.41. The Morgan fingerprint density at radius 2 is 1.77 bits per heavy atom. The maximum Gasteiger partial charge on any atom is 0.245 e. The van der Waals surface area contributed by atoms with Crippen LogP contribution in [-0.2, 0) is 10.0 Å². The lowest BCUT2D eigenvalue weighted by atomic mass is 10.0. The molecule has 2 aromatic carbocycles. The number of rotatable bonds is 3. The monoisotopic (exact) mass is 413 g/mol. The van der Waals surface area contributed by atoms with Crippen LogP contribution < -0.4 is 9.47 Å². The summed E-state index contributed by atoms with van der Waals surface area (Å²) in [6.45, 7) is 1.44. The fraction of sp³-hybridized carbons (Fsp3) is 0.333. The van der Waals surface area contributed by atoms with Crippen molar-refractivity contribution in [3.63, 3.8) is 0 Å². The molecular weight excluding hydrogens is 397 g/mol. The van der Waals surface area contributed by atoms with Crippen molar-refractivity contribution >= 4 is 33.2 Å². The second-order valence-electron chi connectivity index (χ2n) is 6.25. The van der Waals surface area contributed by atoms with E-state index in [0.717, 1.165) is 18.4 Å². The SMILES string of the molecule is O=S(=O)(c1cc(Cl)ccc1Cl)N1CCC[C@H]1c1ccc2c(c1)OCCO2. The van der Waals surface area contributed by atoms with E-state index in [0.29, 0.717) is 36.3 Å². The number of halogens is 2. The van der Waals surface area contributed by atoms with Crippen molar-refractivity contribution in [3.8, 4) is 11.5 Å². The van der Waals surface area contributed by atoms with Crippen LogP contribution in [0.15, 0.2) is 41.3 Å². The van der Waals surface area contributed by atoms with Gasteiger partial charge in [-0.25, -0.2) is 8.42 Å². The summed E-state index contributed by atoms with van der Waals surface area (Å²) >= 11 is 12.1. The summed E-state index contributed by atoms with van der Waals surface area (Å²) in [5.74, 6) is 1.34. The lowest BCUT2D eigenvalue weighted by molar-refractivity contribution is 0.171. The highest BCUT2D eigenvalue weighted by Gasteiger charge is 2.37. The fourth-order valence-electron chi connectivity index (χ4n) is 3.43. The lowest BCUT2D eigenvalue weighted by Crippen LogP contribution is -2.31. The first-order valence-corrected chi connectivity index (χ1v) is 10.5. The van der Waals surface area contributed by atoms with Gasteiger partial charge in [-0.1, -0.05) is 29.3 Å². The summed E-state index contributed by atoms with van der Waals surface area (Å²) in [5.41, 5.74) is 0.883. The van der Waals surface area contributed by atoms with Gasteiger partial charge in [-0.05, 0) is 48.7 Å². The zero-order chi connectivity index (χ0) is 18.3. The van der Waals surface area contributed by atoms with E-state index < -0.39 is 10.0 Å². The molecule has 1 fully saturated rings. The zero-order valence-electron chi connectivity index (χ0n) is 13.8. The van der Waals surface area contributed by atoms with Gasteiger partial charge in [0.25, 0.3) is 0 Å². The van der Waals surface area contributed by atoms with E-state index in [-0.39, 0.29) is 16.0 Å². The molecule has 0 saturated carbocycles. The van der Waals surface area contributed by atoms with Crippen LogP contribution in [0.4, 0.5) is 0 Å². The van der Waals surface area contributed by atoms with Crippen LogP contribution in [-0.4, -0.2) is 32.5 Å². The Morgan fingerprint density at radius 3 is 2.58 bits per heavy atom. The molecule has 4 rings (SSSR count).